The molecule has 104 valence electrons. The van der Waals surface area contributed by atoms with E-state index in [9.17, 15) is 0 Å². The van der Waals surface area contributed by atoms with Crippen molar-refractivity contribution in [2.75, 3.05) is 5.73 Å². The highest BCUT2D eigenvalue weighted by molar-refractivity contribution is 5.78. The van der Waals surface area contributed by atoms with Crippen LogP contribution in [0.4, 0.5) is 5.95 Å². The van der Waals surface area contributed by atoms with Gasteiger partial charge in [-0.1, -0.05) is 26.7 Å². The number of anilines is 1. The molecular formula is C14H23N5. The van der Waals surface area contributed by atoms with Crippen LogP contribution in [0, 0.1) is 5.92 Å². The summed E-state index contributed by atoms with van der Waals surface area (Å²) in [5.41, 5.74) is 9.32. The molecule has 0 aromatic carbocycles. The van der Waals surface area contributed by atoms with Crippen LogP contribution in [0.15, 0.2) is 0 Å². The predicted octanol–water partition coefficient (Wildman–Crippen LogP) is 2.67. The topological polar surface area (TPSA) is 61.7 Å². The van der Waals surface area contributed by atoms with E-state index in [1.807, 2.05) is 11.7 Å². The van der Waals surface area contributed by atoms with Crippen molar-refractivity contribution in [3.8, 4) is 0 Å². The van der Waals surface area contributed by atoms with Gasteiger partial charge >= 0.3 is 0 Å². The molecule has 2 unspecified atom stereocenters. The SMILES string of the molecule is CCc1nn(C)c2c1nc(N)n2C1CCCCC1C. The fourth-order valence-corrected chi connectivity index (χ4v) is 3.46. The highest BCUT2D eigenvalue weighted by Gasteiger charge is 2.28. The van der Waals surface area contributed by atoms with Crippen LogP contribution in [-0.4, -0.2) is 19.3 Å². The molecule has 3 rings (SSSR count). The molecule has 0 spiro atoms. The van der Waals surface area contributed by atoms with Crippen LogP contribution in [0.5, 0.6) is 0 Å². The Kier molecular flexibility index (Phi) is 2.99. The molecule has 0 saturated heterocycles. The Bertz CT molecular complexity index is 595. The minimum absolute atomic E-state index is 0.471. The van der Waals surface area contributed by atoms with E-state index >= 15 is 0 Å². The molecule has 1 aliphatic carbocycles. The van der Waals surface area contributed by atoms with Gasteiger partial charge in [0.25, 0.3) is 0 Å². The molecule has 2 aromatic rings. The van der Waals surface area contributed by atoms with E-state index in [1.165, 1.54) is 25.7 Å². The third kappa shape index (κ3) is 1.83. The monoisotopic (exact) mass is 261 g/mol. The second-order valence-electron chi connectivity index (χ2n) is 5.77. The number of nitrogens with two attached hydrogens (primary N) is 1. The summed E-state index contributed by atoms with van der Waals surface area (Å²) in [5, 5.41) is 4.57. The highest BCUT2D eigenvalue weighted by atomic mass is 15.4. The van der Waals surface area contributed by atoms with E-state index in [0.29, 0.717) is 17.9 Å². The second-order valence-corrected chi connectivity index (χ2v) is 5.77. The molecule has 0 bridgehead atoms. The van der Waals surface area contributed by atoms with E-state index < -0.39 is 0 Å². The van der Waals surface area contributed by atoms with E-state index in [0.717, 1.165) is 23.3 Å². The third-order valence-corrected chi connectivity index (χ3v) is 4.50. The molecule has 0 amide bonds. The van der Waals surface area contributed by atoms with Crippen LogP contribution in [0.1, 0.15) is 51.3 Å². The van der Waals surface area contributed by atoms with Crippen LogP contribution in [-0.2, 0) is 13.5 Å². The van der Waals surface area contributed by atoms with Gasteiger partial charge < -0.3 is 5.73 Å². The number of aryl methyl sites for hydroxylation is 2. The molecule has 2 N–H and O–H groups in total. The first-order valence-corrected chi connectivity index (χ1v) is 7.32. The van der Waals surface area contributed by atoms with E-state index in [2.05, 4.69) is 28.5 Å². The lowest BCUT2D eigenvalue weighted by Crippen LogP contribution is -2.23. The van der Waals surface area contributed by atoms with Crippen LogP contribution in [0.25, 0.3) is 11.2 Å². The van der Waals surface area contributed by atoms with Crippen LogP contribution >= 0.6 is 0 Å². The van der Waals surface area contributed by atoms with Gasteiger partial charge in [0.05, 0.1) is 5.69 Å². The number of nitrogens with zero attached hydrogens (tertiary/aromatic N) is 4. The standard InChI is InChI=1S/C14H23N5/c1-4-10-12-13(18(3)17-10)19(14(15)16-12)11-8-6-5-7-9(11)2/h9,11H,4-8H2,1-3H3,(H2,15,16). The van der Waals surface area contributed by atoms with Gasteiger partial charge in [0.2, 0.25) is 5.95 Å². The van der Waals surface area contributed by atoms with E-state index in [4.69, 9.17) is 5.73 Å². The van der Waals surface area contributed by atoms with Crippen molar-refractivity contribution in [2.45, 2.75) is 52.0 Å². The summed E-state index contributed by atoms with van der Waals surface area (Å²) < 4.78 is 4.17. The summed E-state index contributed by atoms with van der Waals surface area (Å²) in [6.45, 7) is 4.44. The smallest absolute Gasteiger partial charge is 0.202 e. The van der Waals surface area contributed by atoms with Gasteiger partial charge in [-0.2, -0.15) is 5.10 Å². The van der Waals surface area contributed by atoms with Crippen molar-refractivity contribution in [3.63, 3.8) is 0 Å². The van der Waals surface area contributed by atoms with E-state index in [1.54, 1.807) is 0 Å². The Hall–Kier alpha value is -1.52. The minimum Gasteiger partial charge on any atom is -0.369 e. The van der Waals surface area contributed by atoms with Gasteiger partial charge in [0.1, 0.15) is 5.52 Å². The number of nitrogen functional groups attached to an aromatic ring is 1. The van der Waals surface area contributed by atoms with Gasteiger partial charge in [-0.15, -0.1) is 0 Å². The lowest BCUT2D eigenvalue weighted by Gasteiger charge is -2.30. The first kappa shape index (κ1) is 12.5. The third-order valence-electron chi connectivity index (χ3n) is 4.50. The zero-order valence-corrected chi connectivity index (χ0v) is 12.1. The maximum atomic E-state index is 6.19. The van der Waals surface area contributed by atoms with Gasteiger partial charge in [-0.05, 0) is 25.2 Å². The quantitative estimate of drug-likeness (QED) is 0.904. The lowest BCUT2D eigenvalue weighted by atomic mass is 9.86. The normalized spacial score (nSPS) is 24.2. The number of aromatic nitrogens is 4. The van der Waals surface area contributed by atoms with Crippen LogP contribution in [0.3, 0.4) is 0 Å². The van der Waals surface area contributed by atoms with Gasteiger partial charge in [-0.25, -0.2) is 4.98 Å². The molecule has 1 saturated carbocycles. The average molecular weight is 261 g/mol. The van der Waals surface area contributed by atoms with Crippen molar-refractivity contribution in [3.05, 3.63) is 5.69 Å². The molecule has 2 aromatic heterocycles. The maximum absolute atomic E-state index is 6.19. The molecule has 5 heteroatoms. The van der Waals surface area contributed by atoms with Crippen LogP contribution in [0.2, 0.25) is 0 Å². The van der Waals surface area contributed by atoms with Crippen molar-refractivity contribution >= 4 is 17.1 Å². The highest BCUT2D eigenvalue weighted by Crippen LogP contribution is 2.37. The van der Waals surface area contributed by atoms with Gasteiger partial charge in [0, 0.05) is 13.1 Å². The molecule has 5 nitrogen and oxygen atoms in total. The summed E-state index contributed by atoms with van der Waals surface area (Å²) in [7, 11) is 1.99. The fourth-order valence-electron chi connectivity index (χ4n) is 3.46. The summed E-state index contributed by atoms with van der Waals surface area (Å²) in [6, 6.07) is 0.471. The molecule has 2 atom stereocenters. The fraction of sp³-hybridized carbons (Fsp3) is 0.714. The predicted molar refractivity (Wildman–Crippen MR) is 77.0 cm³/mol. The number of hydrogen-bond acceptors (Lipinski definition) is 3. The summed E-state index contributed by atoms with van der Waals surface area (Å²) in [4.78, 5) is 4.57. The molecule has 0 radical (unpaired) electrons. The van der Waals surface area contributed by atoms with Gasteiger partial charge in [0.15, 0.2) is 5.65 Å². The number of imidazole rings is 1. The number of hydrogen-bond donors (Lipinski definition) is 1. The minimum atomic E-state index is 0.471. The Morgan fingerprint density at radius 1 is 1.32 bits per heavy atom. The second kappa shape index (κ2) is 4.54. The Labute approximate surface area is 113 Å². The zero-order chi connectivity index (χ0) is 13.6. The van der Waals surface area contributed by atoms with Gasteiger partial charge in [-0.3, -0.25) is 9.25 Å². The Balaban J connectivity index is 2.17. The zero-order valence-electron chi connectivity index (χ0n) is 12.1. The van der Waals surface area contributed by atoms with Crippen LogP contribution < -0.4 is 5.73 Å². The summed E-state index contributed by atoms with van der Waals surface area (Å²) in [5.74, 6) is 1.31. The number of fused-ring (bicyclic) bond motifs is 1. The average Bonchev–Trinajstić information content (AvgIpc) is 2.88. The van der Waals surface area contributed by atoms with Crippen molar-refractivity contribution < 1.29 is 0 Å². The molecule has 2 heterocycles. The van der Waals surface area contributed by atoms with E-state index in [-0.39, 0.29) is 0 Å². The Morgan fingerprint density at radius 3 is 2.74 bits per heavy atom. The molecule has 0 aliphatic heterocycles. The summed E-state index contributed by atoms with van der Waals surface area (Å²) in [6.07, 6.45) is 5.99. The van der Waals surface area contributed by atoms with Crippen molar-refractivity contribution in [2.24, 2.45) is 13.0 Å². The Morgan fingerprint density at radius 2 is 2.05 bits per heavy atom. The molecule has 1 fully saturated rings. The van der Waals surface area contributed by atoms with Crippen molar-refractivity contribution in [1.82, 2.24) is 19.3 Å². The number of rotatable bonds is 2. The summed E-state index contributed by atoms with van der Waals surface area (Å²) >= 11 is 0. The lowest BCUT2D eigenvalue weighted by molar-refractivity contribution is 0.262. The van der Waals surface area contributed by atoms with Crippen molar-refractivity contribution in [1.29, 1.82) is 0 Å². The largest absolute Gasteiger partial charge is 0.369 e. The molecule has 1 aliphatic rings. The maximum Gasteiger partial charge on any atom is 0.202 e. The first-order chi connectivity index (χ1) is 9.13. The molecular weight excluding hydrogens is 238 g/mol. The first-order valence-electron chi connectivity index (χ1n) is 7.32. The molecule has 19 heavy (non-hydrogen) atoms.